The Kier molecular flexibility index (Phi) is 5.45. The standard InChI is InChI=1S/C12H30O2Si2/c1-11(14-16(7,8)9)12(2,3)10-13-15(4,5)6/h11H,10H2,1-9H3. The Bertz CT molecular complexity index is 214. The molecular weight excluding hydrogens is 232 g/mol. The lowest BCUT2D eigenvalue weighted by atomic mass is 9.89. The fourth-order valence-corrected chi connectivity index (χ4v) is 3.39. The molecule has 0 saturated heterocycles. The molecule has 1 unspecified atom stereocenters. The third-order valence-corrected chi connectivity index (χ3v) is 4.58. The van der Waals surface area contributed by atoms with Gasteiger partial charge in [-0.15, -0.1) is 0 Å². The van der Waals surface area contributed by atoms with Gasteiger partial charge in [0.25, 0.3) is 0 Å². The van der Waals surface area contributed by atoms with E-state index in [1.165, 1.54) is 0 Å². The van der Waals surface area contributed by atoms with Crippen LogP contribution in [0, 0.1) is 5.41 Å². The van der Waals surface area contributed by atoms with Gasteiger partial charge in [0.2, 0.25) is 0 Å². The summed E-state index contributed by atoms with van der Waals surface area (Å²) in [6.45, 7) is 20.8. The highest BCUT2D eigenvalue weighted by atomic mass is 28.4. The van der Waals surface area contributed by atoms with Crippen LogP contribution in [0.15, 0.2) is 0 Å². The summed E-state index contributed by atoms with van der Waals surface area (Å²) in [7, 11) is -2.86. The first kappa shape index (κ1) is 16.4. The lowest BCUT2D eigenvalue weighted by molar-refractivity contribution is 0.0383. The van der Waals surface area contributed by atoms with Crippen LogP contribution in [0.1, 0.15) is 20.8 Å². The summed E-state index contributed by atoms with van der Waals surface area (Å²) < 4.78 is 12.1. The summed E-state index contributed by atoms with van der Waals surface area (Å²) >= 11 is 0. The number of hydrogen-bond acceptors (Lipinski definition) is 2. The van der Waals surface area contributed by atoms with E-state index >= 15 is 0 Å². The fourth-order valence-electron chi connectivity index (χ4n) is 1.21. The molecule has 0 amide bonds. The molecule has 0 aromatic rings. The lowest BCUT2D eigenvalue weighted by Crippen LogP contribution is -2.43. The molecule has 0 saturated carbocycles. The summed E-state index contributed by atoms with van der Waals surface area (Å²) in [6, 6.07) is 0. The van der Waals surface area contributed by atoms with Gasteiger partial charge in [0, 0.05) is 18.1 Å². The molecule has 0 spiro atoms. The Balaban J connectivity index is 4.32. The van der Waals surface area contributed by atoms with Gasteiger partial charge in [-0.05, 0) is 46.2 Å². The molecule has 0 N–H and O–H groups in total. The Morgan fingerprint density at radius 2 is 1.38 bits per heavy atom. The van der Waals surface area contributed by atoms with Crippen molar-refractivity contribution in [3.05, 3.63) is 0 Å². The molecule has 0 heterocycles. The molecule has 4 heteroatoms. The molecule has 1 atom stereocenters. The van der Waals surface area contributed by atoms with E-state index in [0.717, 1.165) is 6.61 Å². The van der Waals surface area contributed by atoms with Crippen molar-refractivity contribution in [3.8, 4) is 0 Å². The summed E-state index contributed by atoms with van der Waals surface area (Å²) in [6.07, 6.45) is 0.260. The van der Waals surface area contributed by atoms with E-state index in [1.807, 2.05) is 0 Å². The minimum atomic E-state index is -1.45. The van der Waals surface area contributed by atoms with E-state index in [0.29, 0.717) is 0 Å². The SMILES string of the molecule is CC(O[Si](C)(C)C)C(C)(C)CO[Si](C)(C)C. The zero-order valence-electron chi connectivity index (χ0n) is 12.6. The second kappa shape index (κ2) is 5.33. The first-order chi connectivity index (χ1) is 6.83. The van der Waals surface area contributed by atoms with Crippen molar-refractivity contribution in [3.63, 3.8) is 0 Å². The van der Waals surface area contributed by atoms with E-state index in [-0.39, 0.29) is 11.5 Å². The van der Waals surface area contributed by atoms with Crippen molar-refractivity contribution in [2.45, 2.75) is 66.2 Å². The summed E-state index contributed by atoms with van der Waals surface area (Å²) in [5, 5.41) is 0. The molecular formula is C12H30O2Si2. The first-order valence-electron chi connectivity index (χ1n) is 6.15. The Morgan fingerprint density at radius 3 is 1.69 bits per heavy atom. The highest BCUT2D eigenvalue weighted by molar-refractivity contribution is 6.70. The van der Waals surface area contributed by atoms with Crippen molar-refractivity contribution in [1.82, 2.24) is 0 Å². The van der Waals surface area contributed by atoms with E-state index in [4.69, 9.17) is 8.85 Å². The molecule has 0 aromatic carbocycles. The third kappa shape index (κ3) is 7.60. The minimum Gasteiger partial charge on any atom is -0.417 e. The Morgan fingerprint density at radius 1 is 0.938 bits per heavy atom. The van der Waals surface area contributed by atoms with E-state index < -0.39 is 16.6 Å². The van der Waals surface area contributed by atoms with Gasteiger partial charge in [-0.2, -0.15) is 0 Å². The van der Waals surface area contributed by atoms with E-state index in [2.05, 4.69) is 60.1 Å². The minimum absolute atomic E-state index is 0.0978. The maximum atomic E-state index is 6.14. The van der Waals surface area contributed by atoms with Crippen molar-refractivity contribution in [2.75, 3.05) is 6.61 Å². The van der Waals surface area contributed by atoms with Crippen LogP contribution in [0.5, 0.6) is 0 Å². The van der Waals surface area contributed by atoms with E-state index in [9.17, 15) is 0 Å². The van der Waals surface area contributed by atoms with Crippen molar-refractivity contribution in [2.24, 2.45) is 5.41 Å². The highest BCUT2D eigenvalue weighted by Crippen LogP contribution is 2.27. The maximum Gasteiger partial charge on any atom is 0.184 e. The van der Waals surface area contributed by atoms with Crippen LogP contribution in [0.25, 0.3) is 0 Å². The second-order valence-corrected chi connectivity index (χ2v) is 16.2. The number of rotatable bonds is 6. The zero-order chi connectivity index (χ0) is 13.2. The lowest BCUT2D eigenvalue weighted by Gasteiger charge is -2.37. The van der Waals surface area contributed by atoms with Gasteiger partial charge in [-0.3, -0.25) is 0 Å². The van der Waals surface area contributed by atoms with Crippen molar-refractivity contribution >= 4 is 16.6 Å². The van der Waals surface area contributed by atoms with Gasteiger partial charge >= 0.3 is 0 Å². The third-order valence-electron chi connectivity index (χ3n) is 2.51. The van der Waals surface area contributed by atoms with Crippen LogP contribution in [-0.2, 0) is 8.85 Å². The normalized spacial score (nSPS) is 16.3. The van der Waals surface area contributed by atoms with Crippen molar-refractivity contribution < 1.29 is 8.85 Å². The molecule has 0 aliphatic heterocycles. The van der Waals surface area contributed by atoms with Crippen LogP contribution in [0.2, 0.25) is 39.3 Å². The summed E-state index contributed by atoms with van der Waals surface area (Å²) in [5.74, 6) is 0. The molecule has 0 aliphatic rings. The largest absolute Gasteiger partial charge is 0.417 e. The molecule has 0 bridgehead atoms. The maximum absolute atomic E-state index is 6.14. The smallest absolute Gasteiger partial charge is 0.184 e. The number of hydrogen-bond donors (Lipinski definition) is 0. The average Bonchev–Trinajstić information content (AvgIpc) is 1.96. The average molecular weight is 263 g/mol. The van der Waals surface area contributed by atoms with Crippen LogP contribution < -0.4 is 0 Å². The quantitative estimate of drug-likeness (QED) is 0.671. The molecule has 0 rings (SSSR count). The van der Waals surface area contributed by atoms with Crippen LogP contribution >= 0.6 is 0 Å². The van der Waals surface area contributed by atoms with Crippen molar-refractivity contribution in [1.29, 1.82) is 0 Å². The highest BCUT2D eigenvalue weighted by Gasteiger charge is 2.32. The Labute approximate surface area is 104 Å². The predicted molar refractivity (Wildman–Crippen MR) is 77.0 cm³/mol. The predicted octanol–water partition coefficient (Wildman–Crippen LogP) is 4.10. The van der Waals surface area contributed by atoms with Gasteiger partial charge in [0.15, 0.2) is 16.6 Å². The molecule has 0 aromatic heterocycles. The van der Waals surface area contributed by atoms with Crippen LogP contribution in [0.4, 0.5) is 0 Å². The van der Waals surface area contributed by atoms with Crippen LogP contribution in [-0.4, -0.2) is 29.3 Å². The molecule has 98 valence electrons. The second-order valence-electron chi connectivity index (χ2n) is 7.26. The van der Waals surface area contributed by atoms with Gasteiger partial charge in [0.05, 0.1) is 0 Å². The molecule has 0 aliphatic carbocycles. The first-order valence-corrected chi connectivity index (χ1v) is 13.0. The fraction of sp³-hybridized carbons (Fsp3) is 1.00. The van der Waals surface area contributed by atoms with Gasteiger partial charge in [0.1, 0.15) is 0 Å². The summed E-state index contributed by atoms with van der Waals surface area (Å²) in [5.41, 5.74) is 0.0978. The Hall–Kier alpha value is 0.354. The van der Waals surface area contributed by atoms with Gasteiger partial charge < -0.3 is 8.85 Å². The van der Waals surface area contributed by atoms with Crippen LogP contribution in [0.3, 0.4) is 0 Å². The monoisotopic (exact) mass is 262 g/mol. The summed E-state index contributed by atoms with van der Waals surface area (Å²) in [4.78, 5) is 0. The van der Waals surface area contributed by atoms with Gasteiger partial charge in [-0.1, -0.05) is 13.8 Å². The molecule has 0 radical (unpaired) electrons. The zero-order valence-corrected chi connectivity index (χ0v) is 14.6. The van der Waals surface area contributed by atoms with Gasteiger partial charge in [-0.25, -0.2) is 0 Å². The molecule has 0 fully saturated rings. The molecule has 16 heavy (non-hydrogen) atoms. The topological polar surface area (TPSA) is 18.5 Å². The molecule has 2 nitrogen and oxygen atoms in total. The van der Waals surface area contributed by atoms with E-state index in [1.54, 1.807) is 0 Å².